The highest BCUT2D eigenvalue weighted by atomic mass is 16.5. The van der Waals surface area contributed by atoms with Gasteiger partial charge in [-0.25, -0.2) is 4.79 Å². The third kappa shape index (κ3) is 10.8. The predicted molar refractivity (Wildman–Crippen MR) is 119 cm³/mol. The Morgan fingerprint density at radius 1 is 1.13 bits per heavy atom. The maximum Gasteiger partial charge on any atom is 0.321 e. The van der Waals surface area contributed by atoms with Crippen molar-refractivity contribution in [1.82, 2.24) is 9.80 Å². The molecule has 0 saturated heterocycles. The average Bonchev–Trinajstić information content (AvgIpc) is 2.71. The fourth-order valence-electron chi connectivity index (χ4n) is 2.74. The van der Waals surface area contributed by atoms with Gasteiger partial charge in [0, 0.05) is 13.6 Å². The Morgan fingerprint density at radius 2 is 1.83 bits per heavy atom. The Bertz CT molecular complexity index is 596. The first-order chi connectivity index (χ1) is 14.4. The van der Waals surface area contributed by atoms with E-state index in [9.17, 15) is 9.90 Å². The molecule has 1 rings (SSSR count). The number of hydrogen-bond donors (Lipinski definition) is 2. The van der Waals surface area contributed by atoms with Gasteiger partial charge in [0.1, 0.15) is 12.4 Å². The van der Waals surface area contributed by atoms with Crippen LogP contribution >= 0.6 is 0 Å². The van der Waals surface area contributed by atoms with E-state index in [1.807, 2.05) is 32.0 Å². The Balaban J connectivity index is 2.43. The molecule has 0 aliphatic heterocycles. The summed E-state index contributed by atoms with van der Waals surface area (Å²) < 4.78 is 16.6. The average molecular weight is 426 g/mol. The topological polar surface area (TPSA) is 83.5 Å². The lowest BCUT2D eigenvalue weighted by Crippen LogP contribution is -2.39. The van der Waals surface area contributed by atoms with Crippen LogP contribution in [0.3, 0.4) is 0 Å². The molecule has 1 aromatic rings. The van der Waals surface area contributed by atoms with Gasteiger partial charge in [0.15, 0.2) is 0 Å². The van der Waals surface area contributed by atoms with E-state index >= 15 is 0 Å². The molecule has 0 aliphatic carbocycles. The molecule has 0 spiro atoms. The number of benzene rings is 1. The predicted octanol–water partition coefficient (Wildman–Crippen LogP) is 2.67. The molecule has 172 valence electrons. The van der Waals surface area contributed by atoms with Gasteiger partial charge in [-0.3, -0.25) is 0 Å². The molecule has 0 heterocycles. The molecule has 0 bridgehead atoms. The standard InChI is InChI=1S/C22H39N3O5/c1-6-25(7-2)12-13-30-21-11-9-8-10-20(21)23-22(27)24(5)16-19(26)17-28-14-15-29-18(3)4/h8-11,18-19,26H,6-7,12-17H2,1-5H3,(H,23,27). The molecule has 0 aliphatic rings. The number of amides is 2. The van der Waals surface area contributed by atoms with Crippen molar-refractivity contribution in [2.75, 3.05) is 65.0 Å². The van der Waals surface area contributed by atoms with Crippen molar-refractivity contribution >= 4 is 11.7 Å². The van der Waals surface area contributed by atoms with E-state index in [-0.39, 0.29) is 25.3 Å². The van der Waals surface area contributed by atoms with E-state index in [1.165, 1.54) is 4.90 Å². The number of aliphatic hydroxyl groups excluding tert-OH is 1. The highest BCUT2D eigenvalue weighted by Gasteiger charge is 2.16. The summed E-state index contributed by atoms with van der Waals surface area (Å²) in [6.07, 6.45) is -0.627. The number of anilines is 1. The smallest absolute Gasteiger partial charge is 0.321 e. The van der Waals surface area contributed by atoms with Gasteiger partial charge in [-0.1, -0.05) is 26.0 Å². The molecule has 1 aromatic carbocycles. The summed E-state index contributed by atoms with van der Waals surface area (Å²) in [6.45, 7) is 12.6. The van der Waals surface area contributed by atoms with Gasteiger partial charge < -0.3 is 34.4 Å². The molecule has 8 heteroatoms. The Hall–Kier alpha value is -1.87. The number of hydrogen-bond acceptors (Lipinski definition) is 6. The SMILES string of the molecule is CCN(CC)CCOc1ccccc1NC(=O)N(C)CC(O)COCCOC(C)C. The van der Waals surface area contributed by atoms with Crippen molar-refractivity contribution in [3.05, 3.63) is 24.3 Å². The van der Waals surface area contributed by atoms with E-state index in [4.69, 9.17) is 14.2 Å². The number of rotatable bonds is 15. The Labute approximate surface area is 181 Å². The summed E-state index contributed by atoms with van der Waals surface area (Å²) in [7, 11) is 1.63. The maximum atomic E-state index is 12.5. The third-order valence-electron chi connectivity index (χ3n) is 4.51. The van der Waals surface area contributed by atoms with Crippen molar-refractivity contribution in [3.8, 4) is 5.75 Å². The zero-order valence-electron chi connectivity index (χ0n) is 19.1. The summed E-state index contributed by atoms with van der Waals surface area (Å²) in [5.74, 6) is 0.625. The number of aliphatic hydroxyl groups is 1. The van der Waals surface area contributed by atoms with Crippen LogP contribution in [0.2, 0.25) is 0 Å². The number of nitrogens with one attached hydrogen (secondary N) is 1. The Morgan fingerprint density at radius 3 is 2.50 bits per heavy atom. The van der Waals surface area contributed by atoms with Crippen molar-refractivity contribution in [3.63, 3.8) is 0 Å². The summed E-state index contributed by atoms with van der Waals surface area (Å²) in [5.41, 5.74) is 0.602. The van der Waals surface area contributed by atoms with Crippen molar-refractivity contribution < 1.29 is 24.1 Å². The molecule has 0 aromatic heterocycles. The molecular formula is C22H39N3O5. The molecular weight excluding hydrogens is 386 g/mol. The molecule has 1 unspecified atom stereocenters. The number of likely N-dealkylation sites (N-methyl/N-ethyl adjacent to an activating group) is 2. The number of carbonyl (C=O) groups is 1. The molecule has 30 heavy (non-hydrogen) atoms. The zero-order valence-corrected chi connectivity index (χ0v) is 19.1. The lowest BCUT2D eigenvalue weighted by Gasteiger charge is -2.22. The van der Waals surface area contributed by atoms with Crippen molar-refractivity contribution in [1.29, 1.82) is 0 Å². The highest BCUT2D eigenvalue weighted by Crippen LogP contribution is 2.24. The summed E-state index contributed by atoms with van der Waals surface area (Å²) >= 11 is 0. The first-order valence-electron chi connectivity index (χ1n) is 10.7. The second-order valence-electron chi connectivity index (χ2n) is 7.33. The largest absolute Gasteiger partial charge is 0.490 e. The molecule has 0 saturated carbocycles. The third-order valence-corrected chi connectivity index (χ3v) is 4.51. The molecule has 0 fully saturated rings. The summed E-state index contributed by atoms with van der Waals surface area (Å²) in [5, 5.41) is 12.9. The maximum absolute atomic E-state index is 12.5. The summed E-state index contributed by atoms with van der Waals surface area (Å²) in [4.78, 5) is 16.2. The lowest BCUT2D eigenvalue weighted by molar-refractivity contribution is -0.0144. The van der Waals surface area contributed by atoms with Gasteiger partial charge in [-0.15, -0.1) is 0 Å². The van der Waals surface area contributed by atoms with Gasteiger partial charge in [-0.2, -0.15) is 0 Å². The van der Waals surface area contributed by atoms with Crippen molar-refractivity contribution in [2.45, 2.75) is 39.9 Å². The van der Waals surface area contributed by atoms with Crippen molar-refractivity contribution in [2.24, 2.45) is 0 Å². The van der Waals surface area contributed by atoms with Crippen LogP contribution in [-0.2, 0) is 9.47 Å². The molecule has 0 radical (unpaired) electrons. The monoisotopic (exact) mass is 425 g/mol. The fraction of sp³-hybridized carbons (Fsp3) is 0.682. The van der Waals surface area contributed by atoms with E-state index in [2.05, 4.69) is 24.1 Å². The van der Waals surface area contributed by atoms with Gasteiger partial charge in [0.05, 0.1) is 44.3 Å². The van der Waals surface area contributed by atoms with Crippen LogP contribution in [0.15, 0.2) is 24.3 Å². The van der Waals surface area contributed by atoms with E-state index in [0.717, 1.165) is 19.6 Å². The summed E-state index contributed by atoms with van der Waals surface area (Å²) in [6, 6.07) is 7.02. The Kier molecular flexibility index (Phi) is 13.1. The number of para-hydroxylation sites is 2. The van der Waals surface area contributed by atoms with Gasteiger partial charge in [0.25, 0.3) is 0 Å². The normalized spacial score (nSPS) is 12.3. The fourth-order valence-corrected chi connectivity index (χ4v) is 2.74. The second kappa shape index (κ2) is 15.0. The minimum Gasteiger partial charge on any atom is -0.490 e. The van der Waals surface area contributed by atoms with Gasteiger partial charge in [0.2, 0.25) is 0 Å². The minimum absolute atomic E-state index is 0.143. The van der Waals surface area contributed by atoms with Crippen LogP contribution in [-0.4, -0.2) is 92.8 Å². The second-order valence-corrected chi connectivity index (χ2v) is 7.33. The number of nitrogens with zero attached hydrogens (tertiary/aromatic N) is 2. The lowest BCUT2D eigenvalue weighted by atomic mass is 10.3. The van der Waals surface area contributed by atoms with Crippen LogP contribution in [0.4, 0.5) is 10.5 Å². The molecule has 2 N–H and O–H groups in total. The molecule has 2 amide bonds. The van der Waals surface area contributed by atoms with Gasteiger partial charge >= 0.3 is 6.03 Å². The quantitative estimate of drug-likeness (QED) is 0.421. The van der Waals surface area contributed by atoms with Crippen LogP contribution < -0.4 is 10.1 Å². The van der Waals surface area contributed by atoms with E-state index < -0.39 is 6.10 Å². The van der Waals surface area contributed by atoms with Crippen LogP contribution in [0.1, 0.15) is 27.7 Å². The molecule has 1 atom stereocenters. The van der Waals surface area contributed by atoms with Crippen LogP contribution in [0, 0.1) is 0 Å². The number of carbonyl (C=O) groups excluding carboxylic acids is 1. The van der Waals surface area contributed by atoms with Crippen LogP contribution in [0.5, 0.6) is 5.75 Å². The number of urea groups is 1. The van der Waals surface area contributed by atoms with Gasteiger partial charge in [-0.05, 0) is 39.1 Å². The first kappa shape index (κ1) is 26.2. The number of ether oxygens (including phenoxy) is 3. The molecule has 8 nitrogen and oxygen atoms in total. The van der Waals surface area contributed by atoms with Crippen LogP contribution in [0.25, 0.3) is 0 Å². The zero-order chi connectivity index (χ0) is 22.4. The first-order valence-corrected chi connectivity index (χ1v) is 10.7. The minimum atomic E-state index is -0.777. The van der Waals surface area contributed by atoms with E-state index in [0.29, 0.717) is 31.3 Å². The highest BCUT2D eigenvalue weighted by molar-refractivity contribution is 5.90. The van der Waals surface area contributed by atoms with E-state index in [1.54, 1.807) is 13.1 Å².